The number of carbonyl (C=O) groups is 2. The Morgan fingerprint density at radius 1 is 1.40 bits per heavy atom. The number of Topliss-reactive ketones (excluding diaryl/α,β-unsaturated/α-hetero) is 1. The fourth-order valence-corrected chi connectivity index (χ4v) is 1.22. The van der Waals surface area contributed by atoms with Crippen LogP contribution in [0.1, 0.15) is 27.6 Å². The molecule has 0 heterocycles. The maximum absolute atomic E-state index is 11.3. The number of esters is 1. The highest BCUT2D eigenvalue weighted by Crippen LogP contribution is 2.23. The minimum absolute atomic E-state index is 0.0663. The Kier molecular flexibility index (Phi) is 3.68. The average Bonchev–Trinajstić information content (AvgIpc) is 2.17. The number of ether oxygens (including phenoxy) is 1. The van der Waals surface area contributed by atoms with Gasteiger partial charge in [-0.2, -0.15) is 0 Å². The third-order valence-corrected chi connectivity index (χ3v) is 1.93. The van der Waals surface area contributed by atoms with E-state index in [1.807, 2.05) is 0 Å². The number of phenolic OH excluding ortho intramolecular Hbond substituents is 1. The van der Waals surface area contributed by atoms with E-state index in [1.165, 1.54) is 25.1 Å². The number of halogens is 1. The Hall–Kier alpha value is -1.55. The summed E-state index contributed by atoms with van der Waals surface area (Å²) >= 11 is 5.21. The molecule has 0 bridgehead atoms. The molecule has 0 saturated carbocycles. The van der Waals surface area contributed by atoms with E-state index in [0.29, 0.717) is 0 Å². The molecule has 0 aliphatic rings. The van der Waals surface area contributed by atoms with Crippen LogP contribution < -0.4 is 0 Å². The van der Waals surface area contributed by atoms with Crippen molar-refractivity contribution in [3.8, 4) is 5.75 Å². The van der Waals surface area contributed by atoms with Crippen molar-refractivity contribution in [1.82, 2.24) is 0 Å². The zero-order valence-corrected chi connectivity index (χ0v) is 8.75. The first-order chi connectivity index (χ1) is 7.07. The van der Waals surface area contributed by atoms with Crippen LogP contribution in [0.2, 0.25) is 0 Å². The van der Waals surface area contributed by atoms with Crippen molar-refractivity contribution in [2.45, 2.75) is 6.92 Å². The standard InChI is InChI=1S/C10H9ClO4/c1-6(12)7-3-2-4-8(9(7)13)10(14)15-5-11/h2-4,13H,5H2,1H3. The van der Waals surface area contributed by atoms with Gasteiger partial charge >= 0.3 is 5.97 Å². The summed E-state index contributed by atoms with van der Waals surface area (Å²) in [4.78, 5) is 22.3. The predicted octanol–water partition coefficient (Wildman–Crippen LogP) is 1.95. The lowest BCUT2D eigenvalue weighted by molar-refractivity contribution is 0.0571. The van der Waals surface area contributed by atoms with Crippen molar-refractivity contribution in [2.75, 3.05) is 6.07 Å². The van der Waals surface area contributed by atoms with Gasteiger partial charge in [-0.3, -0.25) is 4.79 Å². The van der Waals surface area contributed by atoms with Crippen LogP contribution in [0.4, 0.5) is 0 Å². The number of hydrogen-bond acceptors (Lipinski definition) is 4. The number of carbonyl (C=O) groups excluding carboxylic acids is 2. The molecule has 0 unspecified atom stereocenters. The van der Waals surface area contributed by atoms with Gasteiger partial charge in [0.1, 0.15) is 11.3 Å². The quantitative estimate of drug-likeness (QED) is 0.488. The second-order valence-corrected chi connectivity index (χ2v) is 3.02. The van der Waals surface area contributed by atoms with Crippen LogP contribution in [0.5, 0.6) is 5.75 Å². The number of para-hydroxylation sites is 1. The molecule has 1 rings (SSSR count). The van der Waals surface area contributed by atoms with E-state index in [0.717, 1.165) is 0 Å². The number of ketones is 1. The van der Waals surface area contributed by atoms with Crippen molar-refractivity contribution in [1.29, 1.82) is 0 Å². The molecule has 0 aromatic heterocycles. The maximum atomic E-state index is 11.3. The van der Waals surface area contributed by atoms with Crippen LogP contribution in [0.15, 0.2) is 18.2 Å². The fraction of sp³-hybridized carbons (Fsp3) is 0.200. The van der Waals surface area contributed by atoms with E-state index in [2.05, 4.69) is 4.74 Å². The second-order valence-electron chi connectivity index (χ2n) is 2.80. The zero-order valence-electron chi connectivity index (χ0n) is 7.99. The van der Waals surface area contributed by atoms with Crippen LogP contribution in [0.3, 0.4) is 0 Å². The molecule has 0 amide bonds. The average molecular weight is 229 g/mol. The summed E-state index contributed by atoms with van der Waals surface area (Å²) < 4.78 is 4.50. The Morgan fingerprint density at radius 3 is 2.53 bits per heavy atom. The molecule has 0 aliphatic heterocycles. The molecule has 0 spiro atoms. The minimum atomic E-state index is -0.759. The van der Waals surface area contributed by atoms with Crippen LogP contribution in [0, 0.1) is 0 Å². The Bertz CT molecular complexity index is 400. The van der Waals surface area contributed by atoms with Gasteiger partial charge in [-0.05, 0) is 19.1 Å². The highest BCUT2D eigenvalue weighted by atomic mass is 35.5. The molecule has 15 heavy (non-hydrogen) atoms. The molecule has 80 valence electrons. The summed E-state index contributed by atoms with van der Waals surface area (Å²) in [6.45, 7) is 1.30. The van der Waals surface area contributed by atoms with Gasteiger partial charge in [0.05, 0.1) is 5.56 Å². The lowest BCUT2D eigenvalue weighted by Gasteiger charge is -2.06. The van der Waals surface area contributed by atoms with Crippen LogP contribution in [-0.2, 0) is 4.74 Å². The SMILES string of the molecule is CC(=O)c1cccc(C(=O)OCCl)c1O. The molecule has 0 atom stereocenters. The van der Waals surface area contributed by atoms with Crippen molar-refractivity contribution in [3.63, 3.8) is 0 Å². The van der Waals surface area contributed by atoms with Crippen molar-refractivity contribution in [2.24, 2.45) is 0 Å². The van der Waals surface area contributed by atoms with Gasteiger partial charge in [-0.15, -0.1) is 0 Å². The fourth-order valence-electron chi connectivity index (χ4n) is 1.12. The second kappa shape index (κ2) is 4.79. The number of phenols is 1. The van der Waals surface area contributed by atoms with Gasteiger partial charge in [0.25, 0.3) is 0 Å². The summed E-state index contributed by atoms with van der Waals surface area (Å²) in [5.74, 6) is -1.46. The highest BCUT2D eigenvalue weighted by molar-refractivity contribution is 6.17. The summed E-state index contributed by atoms with van der Waals surface area (Å²) in [5, 5.41) is 9.59. The van der Waals surface area contributed by atoms with Gasteiger partial charge in [-0.1, -0.05) is 17.7 Å². The van der Waals surface area contributed by atoms with Gasteiger partial charge in [0.2, 0.25) is 0 Å². The van der Waals surface area contributed by atoms with Gasteiger partial charge in [0, 0.05) is 0 Å². The van der Waals surface area contributed by atoms with E-state index in [1.54, 1.807) is 0 Å². The van der Waals surface area contributed by atoms with Crippen molar-refractivity contribution >= 4 is 23.4 Å². The summed E-state index contributed by atoms with van der Waals surface area (Å²) in [6, 6.07) is 3.97. The Morgan fingerprint density at radius 2 is 2.00 bits per heavy atom. The molecule has 0 saturated heterocycles. The summed E-state index contributed by atoms with van der Waals surface area (Å²) in [7, 11) is 0. The highest BCUT2D eigenvalue weighted by Gasteiger charge is 2.16. The largest absolute Gasteiger partial charge is 0.506 e. The molecule has 5 heteroatoms. The lowest BCUT2D eigenvalue weighted by Crippen LogP contribution is -2.06. The van der Waals surface area contributed by atoms with E-state index in [9.17, 15) is 14.7 Å². The van der Waals surface area contributed by atoms with E-state index < -0.39 is 5.97 Å². The number of alkyl halides is 1. The molecule has 0 radical (unpaired) electrons. The monoisotopic (exact) mass is 228 g/mol. The predicted molar refractivity (Wildman–Crippen MR) is 54.2 cm³/mol. The third kappa shape index (κ3) is 2.47. The first-order valence-corrected chi connectivity index (χ1v) is 4.67. The van der Waals surface area contributed by atoms with Crippen LogP contribution in [0.25, 0.3) is 0 Å². The molecule has 1 aromatic rings. The molecule has 1 aromatic carbocycles. The Balaban J connectivity index is 3.15. The van der Waals surface area contributed by atoms with Crippen LogP contribution in [-0.4, -0.2) is 22.9 Å². The molecular formula is C10H9ClO4. The first-order valence-electron chi connectivity index (χ1n) is 4.14. The van der Waals surface area contributed by atoms with Gasteiger partial charge < -0.3 is 9.84 Å². The molecular weight excluding hydrogens is 220 g/mol. The van der Waals surface area contributed by atoms with Crippen molar-refractivity contribution < 1.29 is 19.4 Å². The smallest absolute Gasteiger partial charge is 0.343 e. The maximum Gasteiger partial charge on any atom is 0.343 e. The molecule has 0 aliphatic carbocycles. The summed E-state index contributed by atoms with van der Waals surface area (Å²) in [6.07, 6.45) is 0. The topological polar surface area (TPSA) is 63.6 Å². The van der Waals surface area contributed by atoms with E-state index >= 15 is 0 Å². The lowest BCUT2D eigenvalue weighted by atomic mass is 10.1. The molecule has 0 fully saturated rings. The molecule has 1 N–H and O–H groups in total. The third-order valence-electron chi connectivity index (χ3n) is 1.82. The number of rotatable bonds is 3. The van der Waals surface area contributed by atoms with E-state index in [4.69, 9.17) is 11.6 Å². The zero-order chi connectivity index (χ0) is 11.4. The van der Waals surface area contributed by atoms with Crippen LogP contribution >= 0.6 is 11.6 Å². The molecule has 4 nitrogen and oxygen atoms in total. The number of aromatic hydroxyl groups is 1. The number of hydrogen-bond donors (Lipinski definition) is 1. The van der Waals surface area contributed by atoms with Gasteiger partial charge in [-0.25, -0.2) is 4.79 Å². The summed E-state index contributed by atoms with van der Waals surface area (Å²) in [5.41, 5.74) is 0.0161. The minimum Gasteiger partial charge on any atom is -0.506 e. The van der Waals surface area contributed by atoms with E-state index in [-0.39, 0.29) is 28.7 Å². The normalized spacial score (nSPS) is 9.73. The first kappa shape index (κ1) is 11.5. The van der Waals surface area contributed by atoms with Gasteiger partial charge in [0.15, 0.2) is 11.8 Å². The van der Waals surface area contributed by atoms with Crippen molar-refractivity contribution in [3.05, 3.63) is 29.3 Å². The Labute approximate surface area is 91.4 Å². The number of benzene rings is 1.